The SMILES string of the molecule is CCC(=O)OC(Cc1ccccc1)(CN(C)C=O)c1ccccc1. The zero-order valence-electron chi connectivity index (χ0n) is 14.1. The molecule has 0 fully saturated rings. The number of benzene rings is 2. The summed E-state index contributed by atoms with van der Waals surface area (Å²) in [5, 5.41) is 0. The van der Waals surface area contributed by atoms with Gasteiger partial charge >= 0.3 is 5.97 Å². The minimum atomic E-state index is -0.911. The minimum absolute atomic E-state index is 0.283. The summed E-state index contributed by atoms with van der Waals surface area (Å²) in [5.41, 5.74) is 1.01. The van der Waals surface area contributed by atoms with E-state index in [1.807, 2.05) is 60.7 Å². The summed E-state index contributed by atoms with van der Waals surface area (Å²) in [6.45, 7) is 2.06. The predicted octanol–water partition coefficient (Wildman–Crippen LogP) is 3.17. The van der Waals surface area contributed by atoms with E-state index >= 15 is 0 Å². The van der Waals surface area contributed by atoms with Crippen molar-refractivity contribution in [2.75, 3.05) is 13.6 Å². The Kier molecular flexibility index (Phi) is 6.13. The van der Waals surface area contributed by atoms with Crippen LogP contribution in [0.25, 0.3) is 0 Å². The first kappa shape index (κ1) is 17.7. The molecule has 0 N–H and O–H groups in total. The van der Waals surface area contributed by atoms with Gasteiger partial charge in [0.25, 0.3) is 0 Å². The summed E-state index contributed by atoms with van der Waals surface area (Å²) in [7, 11) is 1.69. The molecule has 0 aliphatic rings. The van der Waals surface area contributed by atoms with E-state index in [-0.39, 0.29) is 12.4 Å². The Labute approximate surface area is 143 Å². The molecule has 4 heteroatoms. The first-order chi connectivity index (χ1) is 11.6. The highest BCUT2D eigenvalue weighted by atomic mass is 16.6. The third-order valence-electron chi connectivity index (χ3n) is 3.92. The fourth-order valence-electron chi connectivity index (χ4n) is 2.77. The molecule has 0 aliphatic heterocycles. The lowest BCUT2D eigenvalue weighted by Crippen LogP contribution is -2.44. The molecule has 0 saturated heterocycles. The summed E-state index contributed by atoms with van der Waals surface area (Å²) in [6.07, 6.45) is 1.54. The predicted molar refractivity (Wildman–Crippen MR) is 93.3 cm³/mol. The fourth-order valence-corrected chi connectivity index (χ4v) is 2.77. The molecule has 2 aromatic rings. The zero-order chi connectivity index (χ0) is 17.4. The Bertz CT molecular complexity index is 657. The lowest BCUT2D eigenvalue weighted by atomic mass is 9.86. The molecule has 0 aliphatic carbocycles. The van der Waals surface area contributed by atoms with Gasteiger partial charge in [0.15, 0.2) is 5.60 Å². The Morgan fingerprint density at radius 2 is 1.67 bits per heavy atom. The smallest absolute Gasteiger partial charge is 0.306 e. The maximum Gasteiger partial charge on any atom is 0.306 e. The molecule has 0 saturated carbocycles. The van der Waals surface area contributed by atoms with Crippen LogP contribution in [-0.4, -0.2) is 30.9 Å². The molecule has 2 aromatic carbocycles. The molecule has 2 rings (SSSR count). The van der Waals surface area contributed by atoms with Gasteiger partial charge in [0.2, 0.25) is 6.41 Å². The van der Waals surface area contributed by atoms with Crippen LogP contribution in [0.2, 0.25) is 0 Å². The standard InChI is InChI=1S/C20H23NO3/c1-3-19(23)24-20(15-21(2)16-22,18-12-8-5-9-13-18)14-17-10-6-4-7-11-17/h4-13,16H,3,14-15H2,1-2H3. The molecule has 1 amide bonds. The van der Waals surface area contributed by atoms with E-state index in [1.54, 1.807) is 14.0 Å². The van der Waals surface area contributed by atoms with E-state index in [1.165, 1.54) is 4.90 Å². The van der Waals surface area contributed by atoms with Gasteiger partial charge in [-0.25, -0.2) is 0 Å². The molecule has 0 aromatic heterocycles. The maximum absolute atomic E-state index is 12.1. The normalized spacial score (nSPS) is 12.9. The number of rotatable bonds is 8. The van der Waals surface area contributed by atoms with Crippen LogP contribution in [0.4, 0.5) is 0 Å². The van der Waals surface area contributed by atoms with Crippen LogP contribution in [0.5, 0.6) is 0 Å². The Morgan fingerprint density at radius 3 is 2.21 bits per heavy atom. The average molecular weight is 325 g/mol. The van der Waals surface area contributed by atoms with Crippen molar-refractivity contribution in [1.82, 2.24) is 4.90 Å². The number of likely N-dealkylation sites (N-methyl/N-ethyl adjacent to an activating group) is 1. The molecule has 0 bridgehead atoms. The summed E-state index contributed by atoms with van der Waals surface area (Å²) >= 11 is 0. The van der Waals surface area contributed by atoms with Gasteiger partial charge < -0.3 is 9.64 Å². The summed E-state index contributed by atoms with van der Waals surface area (Å²) in [5.74, 6) is -0.283. The van der Waals surface area contributed by atoms with Crippen LogP contribution >= 0.6 is 0 Å². The number of carbonyl (C=O) groups excluding carboxylic acids is 2. The Balaban J connectivity index is 2.49. The number of nitrogens with zero attached hydrogens (tertiary/aromatic N) is 1. The maximum atomic E-state index is 12.1. The van der Waals surface area contributed by atoms with Crippen molar-refractivity contribution in [3.63, 3.8) is 0 Å². The van der Waals surface area contributed by atoms with Gasteiger partial charge in [0.1, 0.15) is 0 Å². The Morgan fingerprint density at radius 1 is 1.08 bits per heavy atom. The lowest BCUT2D eigenvalue weighted by molar-refractivity contribution is -0.163. The molecule has 4 nitrogen and oxygen atoms in total. The second-order valence-corrected chi connectivity index (χ2v) is 5.87. The van der Waals surface area contributed by atoms with Crippen LogP contribution in [-0.2, 0) is 26.3 Å². The molecular formula is C20H23NO3. The highest BCUT2D eigenvalue weighted by molar-refractivity contribution is 5.70. The summed E-state index contributed by atoms with van der Waals surface area (Å²) < 4.78 is 5.91. The van der Waals surface area contributed by atoms with Gasteiger partial charge in [-0.3, -0.25) is 9.59 Å². The highest BCUT2D eigenvalue weighted by Crippen LogP contribution is 2.31. The zero-order valence-corrected chi connectivity index (χ0v) is 14.1. The fraction of sp³-hybridized carbons (Fsp3) is 0.300. The first-order valence-electron chi connectivity index (χ1n) is 8.06. The molecular weight excluding hydrogens is 302 g/mol. The van der Waals surface area contributed by atoms with Gasteiger partial charge in [-0.15, -0.1) is 0 Å². The van der Waals surface area contributed by atoms with Crippen molar-refractivity contribution in [3.8, 4) is 0 Å². The number of esters is 1. The molecule has 0 radical (unpaired) electrons. The van der Waals surface area contributed by atoms with Crippen LogP contribution in [0.15, 0.2) is 60.7 Å². The second kappa shape index (κ2) is 8.29. The van der Waals surface area contributed by atoms with Crippen molar-refractivity contribution >= 4 is 12.4 Å². The number of ether oxygens (including phenoxy) is 1. The van der Waals surface area contributed by atoms with Crippen LogP contribution in [0, 0.1) is 0 Å². The minimum Gasteiger partial charge on any atom is -0.452 e. The lowest BCUT2D eigenvalue weighted by Gasteiger charge is -2.36. The van der Waals surface area contributed by atoms with Gasteiger partial charge in [-0.1, -0.05) is 67.6 Å². The van der Waals surface area contributed by atoms with E-state index in [4.69, 9.17) is 4.74 Å². The summed E-state index contributed by atoms with van der Waals surface area (Å²) in [4.78, 5) is 24.9. The molecule has 24 heavy (non-hydrogen) atoms. The van der Waals surface area contributed by atoms with Crippen LogP contribution in [0.3, 0.4) is 0 Å². The van der Waals surface area contributed by atoms with E-state index in [9.17, 15) is 9.59 Å². The number of carbonyl (C=O) groups is 2. The largest absolute Gasteiger partial charge is 0.452 e. The monoisotopic (exact) mass is 325 g/mol. The van der Waals surface area contributed by atoms with E-state index < -0.39 is 5.60 Å². The van der Waals surface area contributed by atoms with E-state index in [0.717, 1.165) is 17.5 Å². The van der Waals surface area contributed by atoms with E-state index in [2.05, 4.69) is 0 Å². The van der Waals surface area contributed by atoms with Gasteiger partial charge in [0, 0.05) is 19.9 Å². The average Bonchev–Trinajstić information content (AvgIpc) is 2.63. The topological polar surface area (TPSA) is 46.6 Å². The van der Waals surface area contributed by atoms with Crippen molar-refractivity contribution in [2.24, 2.45) is 0 Å². The van der Waals surface area contributed by atoms with Crippen LogP contribution in [0.1, 0.15) is 24.5 Å². The molecule has 1 unspecified atom stereocenters. The highest BCUT2D eigenvalue weighted by Gasteiger charge is 2.37. The number of amides is 1. The number of hydrogen-bond acceptors (Lipinski definition) is 3. The molecule has 0 spiro atoms. The quantitative estimate of drug-likeness (QED) is 0.553. The second-order valence-electron chi connectivity index (χ2n) is 5.87. The summed E-state index contributed by atoms with van der Waals surface area (Å²) in [6, 6.07) is 19.5. The van der Waals surface area contributed by atoms with Gasteiger partial charge in [0.05, 0.1) is 6.54 Å². The van der Waals surface area contributed by atoms with Gasteiger partial charge in [-0.2, -0.15) is 0 Å². The number of hydrogen-bond donors (Lipinski definition) is 0. The third kappa shape index (κ3) is 4.44. The molecule has 1 atom stereocenters. The molecule has 0 heterocycles. The first-order valence-corrected chi connectivity index (χ1v) is 8.06. The third-order valence-corrected chi connectivity index (χ3v) is 3.92. The van der Waals surface area contributed by atoms with E-state index in [0.29, 0.717) is 13.0 Å². The Hall–Kier alpha value is -2.62. The van der Waals surface area contributed by atoms with Gasteiger partial charge in [-0.05, 0) is 11.1 Å². The molecule has 126 valence electrons. The van der Waals surface area contributed by atoms with Crippen molar-refractivity contribution in [2.45, 2.75) is 25.4 Å². The van der Waals surface area contributed by atoms with Crippen LogP contribution < -0.4 is 0 Å². The van der Waals surface area contributed by atoms with Crippen molar-refractivity contribution < 1.29 is 14.3 Å². The van der Waals surface area contributed by atoms with Crippen molar-refractivity contribution in [3.05, 3.63) is 71.8 Å². The van der Waals surface area contributed by atoms with Crippen molar-refractivity contribution in [1.29, 1.82) is 0 Å².